The van der Waals surface area contributed by atoms with Crippen LogP contribution in [-0.2, 0) is 11.2 Å². The molecule has 5 heteroatoms. The smallest absolute Gasteiger partial charge is 0.222 e. The van der Waals surface area contributed by atoms with Crippen molar-refractivity contribution in [3.63, 3.8) is 0 Å². The summed E-state index contributed by atoms with van der Waals surface area (Å²) < 4.78 is 5.29. The lowest BCUT2D eigenvalue weighted by Crippen LogP contribution is -2.48. The van der Waals surface area contributed by atoms with E-state index in [1.165, 1.54) is 10.6 Å². The molecule has 24 heavy (non-hydrogen) atoms. The predicted molar refractivity (Wildman–Crippen MR) is 99.0 cm³/mol. The van der Waals surface area contributed by atoms with Gasteiger partial charge in [-0.15, -0.1) is 11.3 Å². The number of rotatable bonds is 6. The van der Waals surface area contributed by atoms with Crippen molar-refractivity contribution in [2.75, 3.05) is 38.2 Å². The molecule has 0 bridgehead atoms. The first-order chi connectivity index (χ1) is 11.8. The molecule has 2 heterocycles. The van der Waals surface area contributed by atoms with Crippen LogP contribution in [0.15, 0.2) is 41.8 Å². The summed E-state index contributed by atoms with van der Waals surface area (Å²) in [5.74, 6) is 1.16. The summed E-state index contributed by atoms with van der Waals surface area (Å²) in [6.07, 6.45) is 2.60. The van der Waals surface area contributed by atoms with Crippen molar-refractivity contribution in [3.8, 4) is 5.75 Å². The van der Waals surface area contributed by atoms with Gasteiger partial charge in [-0.1, -0.05) is 12.1 Å². The molecule has 0 N–H and O–H groups in total. The maximum atomic E-state index is 12.4. The van der Waals surface area contributed by atoms with Gasteiger partial charge in [-0.2, -0.15) is 0 Å². The molecule has 1 amide bonds. The van der Waals surface area contributed by atoms with Crippen molar-refractivity contribution in [3.05, 3.63) is 46.7 Å². The Labute approximate surface area is 147 Å². The van der Waals surface area contributed by atoms with Crippen LogP contribution in [0.1, 0.15) is 17.7 Å². The summed E-state index contributed by atoms with van der Waals surface area (Å²) >= 11 is 1.77. The molecular weight excluding hydrogens is 320 g/mol. The van der Waals surface area contributed by atoms with E-state index in [0.29, 0.717) is 6.42 Å². The van der Waals surface area contributed by atoms with Gasteiger partial charge in [0.1, 0.15) is 5.75 Å². The largest absolute Gasteiger partial charge is 0.497 e. The summed E-state index contributed by atoms with van der Waals surface area (Å²) in [4.78, 5) is 18.0. The molecule has 0 unspecified atom stereocenters. The summed E-state index contributed by atoms with van der Waals surface area (Å²) in [5, 5.41) is 2.09. The maximum Gasteiger partial charge on any atom is 0.222 e. The van der Waals surface area contributed by atoms with Crippen molar-refractivity contribution >= 4 is 22.9 Å². The van der Waals surface area contributed by atoms with E-state index in [-0.39, 0.29) is 5.91 Å². The third kappa shape index (κ3) is 4.29. The minimum Gasteiger partial charge on any atom is -0.497 e. The minimum absolute atomic E-state index is 0.289. The van der Waals surface area contributed by atoms with Crippen molar-refractivity contribution in [2.45, 2.75) is 19.3 Å². The summed E-state index contributed by atoms with van der Waals surface area (Å²) in [7, 11) is 1.69. The van der Waals surface area contributed by atoms with E-state index < -0.39 is 0 Å². The third-order valence-electron chi connectivity index (χ3n) is 4.44. The van der Waals surface area contributed by atoms with E-state index in [0.717, 1.165) is 44.8 Å². The number of carbonyl (C=O) groups is 1. The van der Waals surface area contributed by atoms with Crippen LogP contribution in [0, 0.1) is 0 Å². The molecule has 1 aliphatic rings. The average molecular weight is 344 g/mol. The second kappa shape index (κ2) is 8.20. The van der Waals surface area contributed by atoms with Crippen LogP contribution in [-0.4, -0.2) is 44.1 Å². The summed E-state index contributed by atoms with van der Waals surface area (Å²) in [5.41, 5.74) is 1.17. The molecule has 1 fully saturated rings. The van der Waals surface area contributed by atoms with Crippen LogP contribution in [0.5, 0.6) is 5.75 Å². The molecule has 1 aromatic heterocycles. The predicted octanol–water partition coefficient (Wildman–Crippen LogP) is 3.43. The number of thiophene rings is 1. The van der Waals surface area contributed by atoms with Gasteiger partial charge in [0.25, 0.3) is 0 Å². The number of ether oxygens (including phenoxy) is 1. The monoisotopic (exact) mass is 344 g/mol. The molecule has 0 radical (unpaired) electrons. The highest BCUT2D eigenvalue weighted by atomic mass is 32.1. The molecule has 0 atom stereocenters. The number of methoxy groups -OCH3 is 1. The number of hydrogen-bond donors (Lipinski definition) is 0. The van der Waals surface area contributed by atoms with Gasteiger partial charge in [-0.05, 0) is 36.4 Å². The van der Waals surface area contributed by atoms with Crippen LogP contribution in [0.2, 0.25) is 0 Å². The molecular formula is C19H24N2O2S. The van der Waals surface area contributed by atoms with E-state index in [9.17, 15) is 4.79 Å². The van der Waals surface area contributed by atoms with E-state index >= 15 is 0 Å². The molecule has 0 aliphatic carbocycles. The fourth-order valence-corrected chi connectivity index (χ4v) is 3.80. The Balaban J connectivity index is 1.44. The number of piperazine rings is 1. The van der Waals surface area contributed by atoms with Crippen molar-refractivity contribution in [1.29, 1.82) is 0 Å². The van der Waals surface area contributed by atoms with E-state index in [1.807, 2.05) is 17.0 Å². The fourth-order valence-electron chi connectivity index (χ4n) is 3.05. The molecule has 1 aliphatic heterocycles. The second-order valence-electron chi connectivity index (χ2n) is 6.00. The van der Waals surface area contributed by atoms with Crippen LogP contribution >= 0.6 is 11.3 Å². The molecule has 0 spiro atoms. The average Bonchev–Trinajstić information content (AvgIpc) is 3.15. The topological polar surface area (TPSA) is 32.8 Å². The first kappa shape index (κ1) is 16.8. The van der Waals surface area contributed by atoms with Crippen LogP contribution in [0.3, 0.4) is 0 Å². The van der Waals surface area contributed by atoms with Gasteiger partial charge in [0, 0.05) is 49.2 Å². The maximum absolute atomic E-state index is 12.4. The molecule has 3 rings (SSSR count). The van der Waals surface area contributed by atoms with Gasteiger partial charge < -0.3 is 14.5 Å². The Bertz CT molecular complexity index is 649. The highest BCUT2D eigenvalue weighted by Gasteiger charge is 2.21. The van der Waals surface area contributed by atoms with Crippen LogP contribution in [0.4, 0.5) is 5.69 Å². The first-order valence-corrected chi connectivity index (χ1v) is 9.33. The van der Waals surface area contributed by atoms with Gasteiger partial charge in [0.15, 0.2) is 0 Å². The zero-order valence-corrected chi connectivity index (χ0v) is 14.9. The zero-order valence-electron chi connectivity index (χ0n) is 14.1. The number of benzene rings is 1. The highest BCUT2D eigenvalue weighted by molar-refractivity contribution is 7.09. The molecule has 0 saturated carbocycles. The number of nitrogens with zero attached hydrogens (tertiary/aromatic N) is 2. The van der Waals surface area contributed by atoms with Gasteiger partial charge in [-0.25, -0.2) is 0 Å². The van der Waals surface area contributed by atoms with Gasteiger partial charge >= 0.3 is 0 Å². The zero-order chi connectivity index (χ0) is 16.8. The van der Waals surface area contributed by atoms with Crippen molar-refractivity contribution in [1.82, 2.24) is 4.90 Å². The Morgan fingerprint density at radius 3 is 2.71 bits per heavy atom. The highest BCUT2D eigenvalue weighted by Crippen LogP contribution is 2.22. The molecule has 1 aromatic carbocycles. The second-order valence-corrected chi connectivity index (χ2v) is 7.03. The standard InChI is InChI=1S/C19H24N2O2S/c1-23-17-6-2-5-16(15-17)20-10-12-21(13-11-20)19(22)9-3-7-18-8-4-14-24-18/h2,4-6,8,14-15H,3,7,9-13H2,1H3. The normalized spacial score (nSPS) is 14.7. The Morgan fingerprint density at radius 1 is 1.17 bits per heavy atom. The number of aryl methyl sites for hydroxylation is 1. The van der Waals surface area contributed by atoms with E-state index in [4.69, 9.17) is 4.74 Å². The fraction of sp³-hybridized carbons (Fsp3) is 0.421. The SMILES string of the molecule is COc1cccc(N2CCN(C(=O)CCCc3cccs3)CC2)c1. The third-order valence-corrected chi connectivity index (χ3v) is 5.38. The van der Waals surface area contributed by atoms with Crippen LogP contribution < -0.4 is 9.64 Å². The van der Waals surface area contributed by atoms with Crippen LogP contribution in [0.25, 0.3) is 0 Å². The van der Waals surface area contributed by atoms with E-state index in [1.54, 1.807) is 18.4 Å². The van der Waals surface area contributed by atoms with E-state index in [2.05, 4.69) is 34.5 Å². The van der Waals surface area contributed by atoms with Gasteiger partial charge in [-0.3, -0.25) is 4.79 Å². The number of hydrogen-bond acceptors (Lipinski definition) is 4. The molecule has 2 aromatic rings. The lowest BCUT2D eigenvalue weighted by atomic mass is 10.2. The van der Waals surface area contributed by atoms with Crippen molar-refractivity contribution in [2.24, 2.45) is 0 Å². The Hall–Kier alpha value is -2.01. The Morgan fingerprint density at radius 2 is 2.00 bits per heavy atom. The Kier molecular flexibility index (Phi) is 5.75. The summed E-state index contributed by atoms with van der Waals surface area (Å²) in [6, 6.07) is 12.3. The lowest BCUT2D eigenvalue weighted by Gasteiger charge is -2.36. The number of anilines is 1. The van der Waals surface area contributed by atoms with Crippen molar-refractivity contribution < 1.29 is 9.53 Å². The number of carbonyl (C=O) groups excluding carboxylic acids is 1. The van der Waals surface area contributed by atoms with Gasteiger partial charge in [0.05, 0.1) is 7.11 Å². The number of amides is 1. The summed E-state index contributed by atoms with van der Waals surface area (Å²) in [6.45, 7) is 3.36. The molecule has 1 saturated heterocycles. The first-order valence-electron chi connectivity index (χ1n) is 8.45. The lowest BCUT2D eigenvalue weighted by molar-refractivity contribution is -0.131. The van der Waals surface area contributed by atoms with Gasteiger partial charge in [0.2, 0.25) is 5.91 Å². The molecule has 4 nitrogen and oxygen atoms in total. The quantitative estimate of drug-likeness (QED) is 0.805. The molecule has 128 valence electrons. The minimum atomic E-state index is 0.289.